The fourth-order valence-corrected chi connectivity index (χ4v) is 5.20. The van der Waals surface area contributed by atoms with Crippen molar-refractivity contribution >= 4 is 11.8 Å². The van der Waals surface area contributed by atoms with Gasteiger partial charge in [0.2, 0.25) is 11.8 Å². The molecule has 2 aliphatic heterocycles. The van der Waals surface area contributed by atoms with Gasteiger partial charge in [0, 0.05) is 37.1 Å². The fraction of sp³-hybridized carbons (Fsp3) is 0.593. The molecule has 0 spiro atoms. The molecule has 2 amide bonds. The van der Waals surface area contributed by atoms with Crippen molar-refractivity contribution in [3.63, 3.8) is 0 Å². The summed E-state index contributed by atoms with van der Waals surface area (Å²) in [5.74, 6) is 1.28. The van der Waals surface area contributed by atoms with Crippen LogP contribution in [0.3, 0.4) is 0 Å². The smallest absolute Gasteiger partial charge is 0.222 e. The van der Waals surface area contributed by atoms with E-state index in [1.807, 2.05) is 11.0 Å². The van der Waals surface area contributed by atoms with E-state index in [-0.39, 0.29) is 23.1 Å². The lowest BCUT2D eigenvalue weighted by Crippen LogP contribution is -2.44. The van der Waals surface area contributed by atoms with Crippen LogP contribution in [0.2, 0.25) is 0 Å². The van der Waals surface area contributed by atoms with Crippen LogP contribution >= 0.6 is 0 Å². The van der Waals surface area contributed by atoms with E-state index < -0.39 is 0 Å². The lowest BCUT2D eigenvalue weighted by molar-refractivity contribution is -0.136. The lowest BCUT2D eigenvalue weighted by Gasteiger charge is -2.35. The quantitative estimate of drug-likeness (QED) is 0.678. The van der Waals surface area contributed by atoms with Crippen LogP contribution in [0.25, 0.3) is 11.3 Å². The van der Waals surface area contributed by atoms with Crippen LogP contribution in [0.4, 0.5) is 0 Å². The van der Waals surface area contributed by atoms with Crippen LogP contribution in [0.1, 0.15) is 57.7 Å². The normalized spacial score (nSPS) is 22.0. The van der Waals surface area contributed by atoms with E-state index in [0.717, 1.165) is 42.9 Å². The minimum Gasteiger partial charge on any atom is -0.369 e. The number of nitrogens with zero attached hydrogens (tertiary/aromatic N) is 2. The van der Waals surface area contributed by atoms with E-state index in [4.69, 9.17) is 10.3 Å². The van der Waals surface area contributed by atoms with Crippen LogP contribution < -0.4 is 11.1 Å². The molecule has 7 nitrogen and oxygen atoms in total. The molecule has 1 aromatic carbocycles. The Labute approximate surface area is 202 Å². The predicted octanol–water partition coefficient (Wildman–Crippen LogP) is 3.52. The number of nitrogens with one attached hydrogen (secondary N) is 1. The minimum atomic E-state index is -0.248. The van der Waals surface area contributed by atoms with Crippen LogP contribution in [-0.4, -0.2) is 48.0 Å². The van der Waals surface area contributed by atoms with E-state index in [1.54, 1.807) is 0 Å². The zero-order valence-corrected chi connectivity index (χ0v) is 20.7. The number of primary amides is 1. The Bertz CT molecular complexity index is 984. The fourth-order valence-electron chi connectivity index (χ4n) is 5.20. The summed E-state index contributed by atoms with van der Waals surface area (Å²) in [6, 6.07) is 10.5. The number of hydrogen-bond donors (Lipinski definition) is 2. The van der Waals surface area contributed by atoms with Gasteiger partial charge in [-0.2, -0.15) is 0 Å². The van der Waals surface area contributed by atoms with E-state index in [1.165, 1.54) is 5.56 Å². The molecule has 4 rings (SSSR count). The number of rotatable bonds is 6. The average Bonchev–Trinajstić information content (AvgIpc) is 3.28. The van der Waals surface area contributed by atoms with Crippen molar-refractivity contribution in [3.8, 4) is 11.3 Å². The van der Waals surface area contributed by atoms with Gasteiger partial charge in [-0.25, -0.2) is 0 Å². The number of aromatic nitrogens is 1. The molecule has 7 heteroatoms. The number of carbonyl (C=O) groups excluding carboxylic acids is 2. The molecule has 1 aromatic heterocycles. The average molecular weight is 467 g/mol. The molecular formula is C27H38N4O3. The van der Waals surface area contributed by atoms with Gasteiger partial charge in [-0.3, -0.25) is 9.59 Å². The van der Waals surface area contributed by atoms with Gasteiger partial charge in [0.15, 0.2) is 5.76 Å². The Balaban J connectivity index is 1.36. The maximum Gasteiger partial charge on any atom is 0.222 e. The second-order valence-electron chi connectivity index (χ2n) is 11.0. The third-order valence-electron chi connectivity index (χ3n) is 7.52. The molecule has 3 heterocycles. The molecule has 2 aliphatic rings. The van der Waals surface area contributed by atoms with Crippen molar-refractivity contribution in [3.05, 3.63) is 41.6 Å². The van der Waals surface area contributed by atoms with E-state index in [9.17, 15) is 9.59 Å². The second-order valence-corrected chi connectivity index (χ2v) is 11.0. The van der Waals surface area contributed by atoms with Gasteiger partial charge in [0.1, 0.15) is 0 Å². The van der Waals surface area contributed by atoms with Crippen molar-refractivity contribution in [2.24, 2.45) is 23.5 Å². The topological polar surface area (TPSA) is 101 Å². The first-order chi connectivity index (χ1) is 16.2. The Morgan fingerprint density at radius 3 is 2.47 bits per heavy atom. The number of piperidine rings is 2. The summed E-state index contributed by atoms with van der Waals surface area (Å²) in [6.45, 7) is 9.68. The molecule has 0 aliphatic carbocycles. The van der Waals surface area contributed by atoms with Crippen molar-refractivity contribution in [1.82, 2.24) is 15.4 Å². The Morgan fingerprint density at radius 1 is 1.12 bits per heavy atom. The van der Waals surface area contributed by atoms with Gasteiger partial charge < -0.3 is 20.5 Å². The molecule has 2 atom stereocenters. The zero-order chi connectivity index (χ0) is 24.3. The summed E-state index contributed by atoms with van der Waals surface area (Å²) < 4.78 is 5.68. The number of hydrogen-bond acceptors (Lipinski definition) is 5. The highest BCUT2D eigenvalue weighted by Crippen LogP contribution is 2.30. The highest BCUT2D eigenvalue weighted by molar-refractivity contribution is 5.79. The summed E-state index contributed by atoms with van der Waals surface area (Å²) in [6.07, 6.45) is 3.67. The molecule has 3 N–H and O–H groups in total. The van der Waals surface area contributed by atoms with Crippen LogP contribution in [0, 0.1) is 17.8 Å². The first-order valence-corrected chi connectivity index (χ1v) is 12.5. The first-order valence-electron chi connectivity index (χ1n) is 12.5. The molecule has 0 saturated carbocycles. The van der Waals surface area contributed by atoms with Crippen molar-refractivity contribution < 1.29 is 14.1 Å². The maximum atomic E-state index is 13.0. The van der Waals surface area contributed by atoms with Crippen molar-refractivity contribution in [1.29, 1.82) is 0 Å². The van der Waals surface area contributed by atoms with Gasteiger partial charge in [-0.1, -0.05) is 50.2 Å². The molecule has 0 bridgehead atoms. The predicted molar refractivity (Wildman–Crippen MR) is 132 cm³/mol. The summed E-state index contributed by atoms with van der Waals surface area (Å²) in [7, 11) is 0. The van der Waals surface area contributed by atoms with Gasteiger partial charge in [-0.15, -0.1) is 0 Å². The summed E-state index contributed by atoms with van der Waals surface area (Å²) in [4.78, 5) is 26.3. The third kappa shape index (κ3) is 5.87. The van der Waals surface area contributed by atoms with Gasteiger partial charge >= 0.3 is 0 Å². The molecule has 2 saturated heterocycles. The maximum absolute atomic E-state index is 13.0. The number of likely N-dealkylation sites (tertiary alicyclic amines) is 1. The SMILES string of the molecule is CC(C)(C)c1ccc(-c2cc(C[C@@H]3CNCC[C@H]3CC(=O)N3CCC(C(N)=O)CC3)no2)cc1. The number of benzene rings is 1. The largest absolute Gasteiger partial charge is 0.369 e. The van der Waals surface area contributed by atoms with Crippen LogP contribution in [0.5, 0.6) is 0 Å². The summed E-state index contributed by atoms with van der Waals surface area (Å²) in [5.41, 5.74) is 8.79. The Kier molecular flexibility index (Phi) is 7.41. The molecule has 184 valence electrons. The monoisotopic (exact) mass is 466 g/mol. The molecule has 2 aromatic rings. The van der Waals surface area contributed by atoms with Gasteiger partial charge in [0.05, 0.1) is 5.69 Å². The third-order valence-corrected chi connectivity index (χ3v) is 7.52. The molecule has 0 radical (unpaired) electrons. The second kappa shape index (κ2) is 10.3. The molecule has 34 heavy (non-hydrogen) atoms. The minimum absolute atomic E-state index is 0.0956. The highest BCUT2D eigenvalue weighted by atomic mass is 16.5. The number of carbonyl (C=O) groups is 2. The molecule has 2 fully saturated rings. The molecular weight excluding hydrogens is 428 g/mol. The summed E-state index contributed by atoms with van der Waals surface area (Å²) in [5, 5.41) is 7.82. The van der Waals surface area contributed by atoms with E-state index in [2.05, 4.69) is 55.5 Å². The standard InChI is InChI=1S/C27H38N4O3/c1-27(2,3)22-6-4-18(5-7-22)24-16-23(30-34-24)14-21-17-29-11-8-20(21)15-25(32)31-12-9-19(10-13-31)26(28)33/h4-7,16,19-21,29H,8-15,17H2,1-3H3,(H2,28,33)/t20-,21+/m0/s1. The number of nitrogens with two attached hydrogens (primary N) is 1. The van der Waals surface area contributed by atoms with Crippen LogP contribution in [-0.2, 0) is 21.4 Å². The van der Waals surface area contributed by atoms with E-state index in [0.29, 0.717) is 44.2 Å². The van der Waals surface area contributed by atoms with Crippen molar-refractivity contribution in [2.75, 3.05) is 26.2 Å². The summed E-state index contributed by atoms with van der Waals surface area (Å²) >= 11 is 0. The Hall–Kier alpha value is -2.67. The van der Waals surface area contributed by atoms with E-state index >= 15 is 0 Å². The van der Waals surface area contributed by atoms with Crippen LogP contribution in [0.15, 0.2) is 34.9 Å². The molecule has 0 unspecified atom stereocenters. The lowest BCUT2D eigenvalue weighted by atomic mass is 9.80. The first kappa shape index (κ1) is 24.5. The van der Waals surface area contributed by atoms with Gasteiger partial charge in [-0.05, 0) is 61.6 Å². The van der Waals surface area contributed by atoms with Gasteiger partial charge in [0.25, 0.3) is 0 Å². The Morgan fingerprint density at radius 2 is 1.82 bits per heavy atom. The van der Waals surface area contributed by atoms with Crippen molar-refractivity contribution in [2.45, 2.75) is 58.3 Å². The number of amides is 2. The zero-order valence-electron chi connectivity index (χ0n) is 20.7. The highest BCUT2D eigenvalue weighted by Gasteiger charge is 2.32.